The van der Waals surface area contributed by atoms with Crippen molar-refractivity contribution in [1.29, 1.82) is 0 Å². The summed E-state index contributed by atoms with van der Waals surface area (Å²) in [5.74, 6) is 0.849. The number of aryl methyl sites for hydroxylation is 1. The first-order valence-electron chi connectivity index (χ1n) is 6.41. The van der Waals surface area contributed by atoms with Crippen molar-refractivity contribution >= 4 is 11.6 Å². The summed E-state index contributed by atoms with van der Waals surface area (Å²) in [6.07, 6.45) is 0. The van der Waals surface area contributed by atoms with Crippen molar-refractivity contribution in [3.8, 4) is 11.5 Å². The van der Waals surface area contributed by atoms with Crippen molar-refractivity contribution in [3.05, 3.63) is 34.6 Å². The Balaban J connectivity index is 2.26. The summed E-state index contributed by atoms with van der Waals surface area (Å²) in [7, 11) is 0. The minimum atomic E-state index is -0.779. The topological polar surface area (TPSA) is 74.2 Å². The lowest BCUT2D eigenvalue weighted by Crippen LogP contribution is -2.39. The van der Waals surface area contributed by atoms with E-state index in [1.165, 1.54) is 0 Å². The maximum atomic E-state index is 6.14. The van der Waals surface area contributed by atoms with Crippen molar-refractivity contribution in [2.45, 2.75) is 26.3 Å². The van der Waals surface area contributed by atoms with E-state index in [-0.39, 0.29) is 0 Å². The number of rotatable bonds is 5. The van der Waals surface area contributed by atoms with Crippen LogP contribution in [0.1, 0.15) is 25.2 Å². The largest absolute Gasteiger partial charge is 0.379 e. The number of hydrogen-bond donors (Lipinski definition) is 1. The van der Waals surface area contributed by atoms with Gasteiger partial charge in [0.25, 0.3) is 5.89 Å². The van der Waals surface area contributed by atoms with Gasteiger partial charge in [-0.2, -0.15) is 4.98 Å². The van der Waals surface area contributed by atoms with E-state index in [1.54, 1.807) is 6.07 Å². The number of ether oxygens (including phenoxy) is 1. The highest BCUT2D eigenvalue weighted by Gasteiger charge is 2.28. The Kier molecular flexibility index (Phi) is 4.42. The van der Waals surface area contributed by atoms with E-state index >= 15 is 0 Å². The lowest BCUT2D eigenvalue weighted by atomic mass is 10.1. The Labute approximate surface area is 123 Å². The Morgan fingerprint density at radius 3 is 2.85 bits per heavy atom. The van der Waals surface area contributed by atoms with Crippen LogP contribution in [-0.4, -0.2) is 23.4 Å². The average Bonchev–Trinajstić information content (AvgIpc) is 2.90. The van der Waals surface area contributed by atoms with Crippen LogP contribution >= 0.6 is 11.6 Å². The van der Waals surface area contributed by atoms with Crippen molar-refractivity contribution < 1.29 is 9.26 Å². The number of hydrogen-bond acceptors (Lipinski definition) is 5. The molecule has 6 heteroatoms. The lowest BCUT2D eigenvalue weighted by molar-refractivity contribution is 0.0962. The standard InChI is InChI=1S/C14H18ClN3O2/c1-4-19-8-14(3,16)13-17-12(20-18-13)10-5-6-11(15)9(2)7-10/h5-7H,4,8,16H2,1-3H3. The molecule has 0 aliphatic carbocycles. The summed E-state index contributed by atoms with van der Waals surface area (Å²) in [5, 5.41) is 4.65. The first-order chi connectivity index (χ1) is 9.44. The molecule has 0 spiro atoms. The molecule has 1 unspecified atom stereocenters. The van der Waals surface area contributed by atoms with Gasteiger partial charge in [0.05, 0.1) is 6.61 Å². The predicted octanol–water partition coefficient (Wildman–Crippen LogP) is 2.91. The van der Waals surface area contributed by atoms with Crippen molar-refractivity contribution in [3.63, 3.8) is 0 Å². The molecule has 0 saturated carbocycles. The number of benzene rings is 1. The molecular formula is C14H18ClN3O2. The van der Waals surface area contributed by atoms with E-state index in [0.29, 0.717) is 30.0 Å². The lowest BCUT2D eigenvalue weighted by Gasteiger charge is -2.19. The first-order valence-corrected chi connectivity index (χ1v) is 6.79. The van der Waals surface area contributed by atoms with Crippen LogP contribution in [-0.2, 0) is 10.3 Å². The Morgan fingerprint density at radius 2 is 2.20 bits per heavy atom. The van der Waals surface area contributed by atoms with Gasteiger partial charge in [-0.3, -0.25) is 0 Å². The van der Waals surface area contributed by atoms with Crippen LogP contribution in [0.5, 0.6) is 0 Å². The van der Waals surface area contributed by atoms with Crippen molar-refractivity contribution in [2.75, 3.05) is 13.2 Å². The van der Waals surface area contributed by atoms with Crippen LogP contribution in [0.15, 0.2) is 22.7 Å². The summed E-state index contributed by atoms with van der Waals surface area (Å²) < 4.78 is 10.6. The van der Waals surface area contributed by atoms with Crippen LogP contribution in [0.2, 0.25) is 5.02 Å². The van der Waals surface area contributed by atoms with Crippen LogP contribution in [0, 0.1) is 6.92 Å². The molecule has 1 atom stereocenters. The third-order valence-corrected chi connectivity index (χ3v) is 3.37. The maximum Gasteiger partial charge on any atom is 0.258 e. The van der Waals surface area contributed by atoms with Gasteiger partial charge in [0, 0.05) is 17.2 Å². The van der Waals surface area contributed by atoms with Gasteiger partial charge < -0.3 is 15.0 Å². The van der Waals surface area contributed by atoms with Crippen LogP contribution in [0.4, 0.5) is 0 Å². The highest BCUT2D eigenvalue weighted by molar-refractivity contribution is 6.31. The summed E-state index contributed by atoms with van der Waals surface area (Å²) in [5.41, 5.74) is 7.13. The fourth-order valence-corrected chi connectivity index (χ4v) is 1.85. The fraction of sp³-hybridized carbons (Fsp3) is 0.429. The summed E-state index contributed by atoms with van der Waals surface area (Å²) in [6, 6.07) is 5.54. The monoisotopic (exact) mass is 295 g/mol. The molecule has 5 nitrogen and oxygen atoms in total. The molecule has 1 aromatic carbocycles. The molecular weight excluding hydrogens is 278 g/mol. The second kappa shape index (κ2) is 5.91. The average molecular weight is 296 g/mol. The second-order valence-electron chi connectivity index (χ2n) is 4.94. The molecule has 2 N–H and O–H groups in total. The summed E-state index contributed by atoms with van der Waals surface area (Å²) in [4.78, 5) is 4.35. The highest BCUT2D eigenvalue weighted by atomic mass is 35.5. The molecule has 0 saturated heterocycles. The van der Waals surface area contributed by atoms with Crippen LogP contribution in [0.3, 0.4) is 0 Å². The highest BCUT2D eigenvalue weighted by Crippen LogP contribution is 2.25. The smallest absolute Gasteiger partial charge is 0.258 e. The van der Waals surface area contributed by atoms with E-state index in [4.69, 9.17) is 26.6 Å². The van der Waals surface area contributed by atoms with E-state index in [1.807, 2.05) is 32.9 Å². The minimum Gasteiger partial charge on any atom is -0.379 e. The zero-order valence-corrected chi connectivity index (χ0v) is 12.6. The summed E-state index contributed by atoms with van der Waals surface area (Å²) >= 11 is 6.00. The van der Waals surface area contributed by atoms with Gasteiger partial charge in [0.2, 0.25) is 0 Å². The molecule has 0 aliphatic rings. The van der Waals surface area contributed by atoms with Crippen LogP contribution in [0.25, 0.3) is 11.5 Å². The number of nitrogens with two attached hydrogens (primary N) is 1. The SMILES string of the molecule is CCOCC(C)(N)c1noc(-c2ccc(Cl)c(C)c2)n1. The maximum absolute atomic E-state index is 6.14. The predicted molar refractivity (Wildman–Crippen MR) is 77.5 cm³/mol. The summed E-state index contributed by atoms with van der Waals surface area (Å²) in [6.45, 7) is 6.57. The Bertz CT molecular complexity index is 596. The van der Waals surface area contributed by atoms with Crippen molar-refractivity contribution in [2.24, 2.45) is 5.73 Å². The molecule has 2 rings (SSSR count). The van der Waals surface area contributed by atoms with Crippen LogP contribution < -0.4 is 5.73 Å². The van der Waals surface area contributed by atoms with Gasteiger partial charge in [-0.05, 0) is 44.5 Å². The molecule has 0 bridgehead atoms. The van der Waals surface area contributed by atoms with E-state index in [0.717, 1.165) is 11.1 Å². The Hall–Kier alpha value is -1.43. The number of aromatic nitrogens is 2. The second-order valence-corrected chi connectivity index (χ2v) is 5.35. The molecule has 0 fully saturated rings. The molecule has 2 aromatic rings. The van der Waals surface area contributed by atoms with Gasteiger partial charge in [-0.15, -0.1) is 0 Å². The molecule has 0 aliphatic heterocycles. The molecule has 1 aromatic heterocycles. The molecule has 108 valence electrons. The van der Waals surface area contributed by atoms with E-state index < -0.39 is 5.54 Å². The van der Waals surface area contributed by atoms with E-state index in [2.05, 4.69) is 10.1 Å². The molecule has 1 heterocycles. The Morgan fingerprint density at radius 1 is 1.45 bits per heavy atom. The quantitative estimate of drug-likeness (QED) is 0.918. The van der Waals surface area contributed by atoms with Gasteiger partial charge >= 0.3 is 0 Å². The van der Waals surface area contributed by atoms with E-state index in [9.17, 15) is 0 Å². The number of nitrogens with zero attached hydrogens (tertiary/aromatic N) is 2. The third-order valence-electron chi connectivity index (χ3n) is 2.95. The molecule has 0 amide bonds. The normalized spacial score (nSPS) is 14.2. The molecule has 20 heavy (non-hydrogen) atoms. The van der Waals surface area contributed by atoms with Gasteiger partial charge in [-0.1, -0.05) is 16.8 Å². The zero-order chi connectivity index (χ0) is 14.8. The fourth-order valence-electron chi connectivity index (χ4n) is 1.73. The van der Waals surface area contributed by atoms with Gasteiger partial charge in [0.15, 0.2) is 5.82 Å². The minimum absolute atomic E-state index is 0.335. The zero-order valence-electron chi connectivity index (χ0n) is 11.8. The number of halogens is 1. The van der Waals surface area contributed by atoms with Crippen molar-refractivity contribution in [1.82, 2.24) is 10.1 Å². The van der Waals surface area contributed by atoms with Gasteiger partial charge in [0.1, 0.15) is 5.54 Å². The van der Waals surface area contributed by atoms with Gasteiger partial charge in [-0.25, -0.2) is 0 Å². The first kappa shape index (κ1) is 15.0. The molecule has 0 radical (unpaired) electrons. The third kappa shape index (κ3) is 3.17.